The number of carbonyl (C=O) groups excluding carboxylic acids is 12. The number of fused-ring (bicyclic) bond motifs is 26. The van der Waals surface area contributed by atoms with Crippen LogP contribution < -0.4 is 69.1 Å². The first-order valence-electron chi connectivity index (χ1n) is 40.7. The third kappa shape index (κ3) is 29.7. The van der Waals surface area contributed by atoms with Gasteiger partial charge >= 0.3 is 23.9 Å². The van der Waals surface area contributed by atoms with Crippen LogP contribution in [-0.2, 0) is 28.8 Å². The number of phenolic OH excluding ortho intramolecular Hbond substituents is 4. The predicted molar refractivity (Wildman–Crippen MR) is 433 cm³/mol. The van der Waals surface area contributed by atoms with Gasteiger partial charge in [0.1, 0.15) is 35.1 Å². The van der Waals surface area contributed by atoms with Gasteiger partial charge in [0.05, 0.1) is 44.5 Å². The number of aromatic hydroxyl groups is 4. The first-order chi connectivity index (χ1) is 57.6. The summed E-state index contributed by atoms with van der Waals surface area (Å²) in [5, 5.41) is 110. The Balaban J connectivity index is 0.944. The number of nitrogens with one attached hydrogen (secondary N) is 13. The normalized spacial score (nSPS) is 21.0. The van der Waals surface area contributed by atoms with Gasteiger partial charge in [-0.1, -0.05) is 24.3 Å². The second-order valence-electron chi connectivity index (χ2n) is 29.9. The van der Waals surface area contributed by atoms with Gasteiger partial charge < -0.3 is 105 Å². The van der Waals surface area contributed by atoms with Gasteiger partial charge in [0.25, 0.3) is 47.3 Å². The van der Waals surface area contributed by atoms with Crippen LogP contribution in [0.3, 0.4) is 0 Å². The topological polar surface area (TPSA) is 567 Å². The summed E-state index contributed by atoms with van der Waals surface area (Å²) in [6.45, 7) is 1.95. The zero-order valence-corrected chi connectivity index (χ0v) is 67.0. The Hall–Kier alpha value is -12.2. The van der Waals surface area contributed by atoms with Crippen LogP contribution in [0.5, 0.6) is 23.0 Å². The van der Waals surface area contributed by atoms with Crippen molar-refractivity contribution in [3.05, 3.63) is 117 Å². The number of hydrogen-bond donors (Lipinski definition) is 20. The highest BCUT2D eigenvalue weighted by Gasteiger charge is 2.31. The molecule has 5 unspecified atom stereocenters. The van der Waals surface area contributed by atoms with Crippen molar-refractivity contribution in [1.82, 2.24) is 88.7 Å². The van der Waals surface area contributed by atoms with Crippen molar-refractivity contribution in [2.75, 3.05) is 144 Å². The summed E-state index contributed by atoms with van der Waals surface area (Å²) in [4.78, 5) is 206. The monoisotopic (exact) mass is 1670 g/mol. The highest BCUT2D eigenvalue weighted by atomic mass is 16.4. The van der Waals surface area contributed by atoms with E-state index < -0.39 is 125 Å². The second-order valence-corrected chi connectivity index (χ2v) is 29.9. The number of aliphatic carboxylic acids is 3. The van der Waals surface area contributed by atoms with Crippen LogP contribution in [0.15, 0.2) is 72.8 Å². The highest BCUT2D eigenvalue weighted by molar-refractivity contribution is 6.07. The number of unbranched alkanes of at least 4 members (excludes halogenated alkanes) is 2. The summed E-state index contributed by atoms with van der Waals surface area (Å²) >= 11 is 0. The molecule has 0 aromatic heterocycles. The molecule has 1 saturated carbocycles. The Morgan fingerprint density at radius 1 is 0.375 bits per heavy atom. The molecule has 39 heteroatoms. The molecule has 12 bridgehead atoms. The zero-order chi connectivity index (χ0) is 86.6. The van der Waals surface area contributed by atoms with Crippen LogP contribution >= 0.6 is 0 Å². The van der Waals surface area contributed by atoms with Gasteiger partial charge in [0.2, 0.25) is 17.7 Å². The lowest BCUT2D eigenvalue weighted by molar-refractivity contribution is -0.141. The van der Waals surface area contributed by atoms with E-state index in [1.54, 1.807) is 0 Å². The molecule has 13 amide bonds. The van der Waals surface area contributed by atoms with Gasteiger partial charge in [-0.25, -0.2) is 14.4 Å². The third-order valence-corrected chi connectivity index (χ3v) is 21.4. The van der Waals surface area contributed by atoms with Crippen LogP contribution in [0.25, 0.3) is 0 Å². The lowest BCUT2D eigenvalue weighted by Gasteiger charge is -2.31. The molecule has 652 valence electrons. The Bertz CT molecular complexity index is 4220. The third-order valence-electron chi connectivity index (χ3n) is 21.4. The van der Waals surface area contributed by atoms with Crippen molar-refractivity contribution < 1.29 is 108 Å². The van der Waals surface area contributed by atoms with Crippen molar-refractivity contribution in [3.8, 4) is 23.0 Å². The molecule has 4 heterocycles. The fraction of sp³-hybridized carbons (Fsp3) is 0.519. The molecule has 39 nitrogen and oxygen atoms in total. The molecule has 120 heavy (non-hydrogen) atoms. The molecule has 4 aromatic rings. The smallest absolute Gasteiger partial charge is 0.326 e. The maximum atomic E-state index is 14.7. The molecule has 0 radical (unpaired) electrons. The maximum absolute atomic E-state index is 14.7. The summed E-state index contributed by atoms with van der Waals surface area (Å²) < 4.78 is 0. The van der Waals surface area contributed by atoms with E-state index in [1.807, 2.05) is 19.6 Å². The molecule has 20 N–H and O–H groups in total. The molecule has 7 atom stereocenters. The van der Waals surface area contributed by atoms with Crippen molar-refractivity contribution in [1.29, 1.82) is 0 Å². The van der Waals surface area contributed by atoms with E-state index in [1.165, 1.54) is 72.8 Å². The van der Waals surface area contributed by atoms with E-state index >= 15 is 0 Å². The zero-order valence-electron chi connectivity index (χ0n) is 67.0. The van der Waals surface area contributed by atoms with Gasteiger partial charge in [0.15, 0.2) is 0 Å². The first-order valence-corrected chi connectivity index (χ1v) is 40.7. The van der Waals surface area contributed by atoms with Gasteiger partial charge in [-0.15, -0.1) is 0 Å². The highest BCUT2D eigenvalue weighted by Crippen LogP contribution is 2.30. The molecule has 4 aromatic carbocycles. The standard InChI is InChI=1S/C81H111N17O22/c99-63(20-9-21-64(100)91-48-50-22-24-51(25-23-50)70(107)83-29-4-2-19-61(79(116)117)93-81(120)94-62(80(118)119)26-27-65(101)102)82-28-3-1-10-52-49-98-43-36-90-76(113)58-16-7-15-57(68(58)105)73(110)86-31-38-95-37-30-84-71(108)53-11-5-13-55(66(53)103)74(111)87-34-41-97(46-47-98)42-35-88-75(112)56-14-6-12-54(67(56)104)72(109)85-32-39-96(45-44-95)40-33-89-77(114)59-17-8-18-60(69(59)106)78(115)92-52/h5-8,11-18,50-52,61-62,103-106H,1-4,9-10,19-49H2,(H,82,99)(H,83,107)(H,84,108)(H,85,109)(H,86,110)(H,87,111)(H,88,112)(H,89,114)(H,90,113)(H,91,100)(H,92,115)(H,101,102)(H,116,117)(H,118,119)(H2,93,94,120)/t50?,51?,52?,61-,62-/m0/s1. The lowest BCUT2D eigenvalue weighted by Crippen LogP contribution is -2.51. The molecule has 9 rings (SSSR count). The molecule has 1 fully saturated rings. The minimum atomic E-state index is -1.55. The number of phenols is 4. The fourth-order valence-electron chi connectivity index (χ4n) is 14.4. The Kier molecular flexibility index (Phi) is 37.3. The molecule has 5 aliphatic rings. The number of hydrogen-bond acceptors (Lipinski definition) is 23. The van der Waals surface area contributed by atoms with Crippen molar-refractivity contribution in [3.63, 3.8) is 0 Å². The molecule has 1 aliphatic carbocycles. The number of carboxylic acid groups (broad SMARTS) is 3. The number of nitrogens with zero attached hydrogens (tertiary/aromatic N) is 4. The first kappa shape index (κ1) is 93.3. The van der Waals surface area contributed by atoms with E-state index in [0.29, 0.717) is 51.5 Å². The van der Waals surface area contributed by atoms with E-state index in [0.717, 1.165) is 0 Å². The summed E-state index contributed by atoms with van der Waals surface area (Å²) in [6.07, 6.45) is 3.52. The Morgan fingerprint density at radius 3 is 1.08 bits per heavy atom. The fourth-order valence-corrected chi connectivity index (χ4v) is 14.4. The lowest BCUT2D eigenvalue weighted by atomic mass is 9.81. The van der Waals surface area contributed by atoms with E-state index in [4.69, 9.17) is 5.11 Å². The van der Waals surface area contributed by atoms with Crippen LogP contribution in [0, 0.1) is 11.8 Å². The number of urea groups is 1. The van der Waals surface area contributed by atoms with Gasteiger partial charge in [-0.05, 0) is 131 Å². The van der Waals surface area contributed by atoms with Crippen LogP contribution in [0.4, 0.5) is 4.79 Å². The molecular weight excluding hydrogens is 1560 g/mol. The number of carbonyl (C=O) groups is 15. The van der Waals surface area contributed by atoms with Gasteiger partial charge in [0, 0.05) is 175 Å². The average Bonchev–Trinajstić information content (AvgIpc) is 0.849. The van der Waals surface area contributed by atoms with Crippen molar-refractivity contribution >= 4 is 88.9 Å². The largest absolute Gasteiger partial charge is 0.506 e. The Labute approximate surface area is 693 Å². The van der Waals surface area contributed by atoms with Crippen LogP contribution in [-0.4, -0.2) is 306 Å². The number of carboxylic acids is 3. The van der Waals surface area contributed by atoms with E-state index in [9.17, 15) is 103 Å². The minimum absolute atomic E-state index is 0.0186. The van der Waals surface area contributed by atoms with E-state index in [2.05, 4.69) is 69.1 Å². The van der Waals surface area contributed by atoms with Crippen molar-refractivity contribution in [2.24, 2.45) is 11.8 Å². The summed E-state index contributed by atoms with van der Waals surface area (Å²) in [7, 11) is 0. The minimum Gasteiger partial charge on any atom is -0.506 e. The number of para-hydroxylation sites is 4. The quantitative estimate of drug-likeness (QED) is 0.0404. The maximum Gasteiger partial charge on any atom is 0.326 e. The van der Waals surface area contributed by atoms with Crippen LogP contribution in [0.1, 0.15) is 179 Å². The van der Waals surface area contributed by atoms with Crippen molar-refractivity contribution in [2.45, 2.75) is 114 Å². The molecular formula is C81H111N17O22. The SMILES string of the molecule is O=C(O)CC[C@H](NC(=O)N[C@@H](CCCCNC(=O)C1CCC(CNC(=O)CCCC(=O)NCCCCC2CN3CCNC(=O)c4cccc(c4O)C(=O)NCCN4CCNC(=O)c5cccc(c5O)C(=O)NCCN(CCNC(=O)c5cccc(c5O)C(=O)NCCN(CCNC(=O)c5cccc(c5O)C(=O)N2)CC4)CC3)CC1)C(=O)O)C(=O)O. The molecule has 4 aliphatic heterocycles. The van der Waals surface area contributed by atoms with E-state index in [-0.39, 0.29) is 250 Å². The summed E-state index contributed by atoms with van der Waals surface area (Å²) in [5.74, 6) is -13.2. The molecule has 0 saturated heterocycles. The number of amides is 13. The summed E-state index contributed by atoms with van der Waals surface area (Å²) in [5.41, 5.74) is -1.64. The second kappa shape index (κ2) is 48.0. The Morgan fingerprint density at radius 2 is 0.708 bits per heavy atom. The molecule has 0 spiro atoms. The van der Waals surface area contributed by atoms with Crippen LogP contribution in [0.2, 0.25) is 0 Å². The van der Waals surface area contributed by atoms with Gasteiger partial charge in [-0.2, -0.15) is 0 Å². The number of benzene rings is 4. The predicted octanol–water partition coefficient (Wildman–Crippen LogP) is -0.198. The van der Waals surface area contributed by atoms with Gasteiger partial charge in [-0.3, -0.25) is 77.1 Å². The summed E-state index contributed by atoms with van der Waals surface area (Å²) in [6, 6.07) is 11.9. The number of rotatable bonds is 24. The average molecular weight is 1670 g/mol.